The van der Waals surface area contributed by atoms with E-state index in [1.165, 1.54) is 4.90 Å². The molecule has 1 aliphatic heterocycles. The molecule has 4 heteroatoms. The zero-order valence-corrected chi connectivity index (χ0v) is 9.96. The summed E-state index contributed by atoms with van der Waals surface area (Å²) in [6.45, 7) is 1.89. The highest BCUT2D eigenvalue weighted by molar-refractivity contribution is 8.00. The molecule has 1 aliphatic rings. The van der Waals surface area contributed by atoms with Gasteiger partial charge in [0, 0.05) is 16.4 Å². The van der Waals surface area contributed by atoms with Gasteiger partial charge in [-0.25, -0.2) is 0 Å². The summed E-state index contributed by atoms with van der Waals surface area (Å²) in [4.78, 5) is 16.9. The molecule has 84 valence electrons. The van der Waals surface area contributed by atoms with Gasteiger partial charge in [-0.3, -0.25) is 9.79 Å². The number of nitrogens with one attached hydrogen (secondary N) is 1. The number of aliphatic imine (C=N–C) groups is 1. The Bertz CT molecular complexity index is 403. The van der Waals surface area contributed by atoms with E-state index in [-0.39, 0.29) is 12.1 Å². The largest absolute Gasteiger partial charge is 0.334 e. The van der Waals surface area contributed by atoms with E-state index >= 15 is 0 Å². The lowest BCUT2D eigenvalue weighted by Gasteiger charge is -2.18. The van der Waals surface area contributed by atoms with Gasteiger partial charge in [0.05, 0.1) is 6.42 Å². The maximum atomic E-state index is 11.3. The quantitative estimate of drug-likeness (QED) is 0.814. The van der Waals surface area contributed by atoms with Gasteiger partial charge in [-0.05, 0) is 19.1 Å². The van der Waals surface area contributed by atoms with Crippen molar-refractivity contribution < 1.29 is 4.79 Å². The van der Waals surface area contributed by atoms with Crippen molar-refractivity contribution in [2.45, 2.75) is 24.4 Å². The molecule has 1 aromatic rings. The molecule has 1 heterocycles. The predicted molar refractivity (Wildman–Crippen MR) is 66.8 cm³/mol. The van der Waals surface area contributed by atoms with Crippen LogP contribution >= 0.6 is 11.8 Å². The van der Waals surface area contributed by atoms with E-state index in [2.05, 4.69) is 22.4 Å². The molecule has 0 radical (unpaired) electrons. The Morgan fingerprint density at radius 2 is 2.19 bits per heavy atom. The van der Waals surface area contributed by atoms with Crippen molar-refractivity contribution in [1.29, 1.82) is 0 Å². The smallest absolute Gasteiger partial charge is 0.227 e. The van der Waals surface area contributed by atoms with Crippen molar-refractivity contribution in [3.63, 3.8) is 0 Å². The first-order chi connectivity index (χ1) is 7.74. The Kier molecular flexibility index (Phi) is 3.62. The second-order valence-electron chi connectivity index (χ2n) is 3.72. The van der Waals surface area contributed by atoms with Crippen molar-refractivity contribution in [2.24, 2.45) is 4.99 Å². The van der Waals surface area contributed by atoms with Gasteiger partial charge in [-0.1, -0.05) is 18.2 Å². The van der Waals surface area contributed by atoms with Crippen LogP contribution < -0.4 is 5.32 Å². The third-order valence-electron chi connectivity index (χ3n) is 2.26. The van der Waals surface area contributed by atoms with Gasteiger partial charge in [0.2, 0.25) is 5.91 Å². The molecule has 1 N–H and O–H groups in total. The molecule has 0 spiro atoms. The van der Waals surface area contributed by atoms with Gasteiger partial charge in [0.15, 0.2) is 0 Å². The van der Waals surface area contributed by atoms with E-state index in [1.54, 1.807) is 11.8 Å². The molecule has 0 unspecified atom stereocenters. The monoisotopic (exact) mass is 234 g/mol. The number of benzene rings is 1. The lowest BCUT2D eigenvalue weighted by Crippen LogP contribution is -2.38. The van der Waals surface area contributed by atoms with Crippen molar-refractivity contribution in [1.82, 2.24) is 5.32 Å². The average Bonchev–Trinajstić information content (AvgIpc) is 2.27. The Hall–Kier alpha value is -1.29. The Morgan fingerprint density at radius 1 is 1.44 bits per heavy atom. The SMILES string of the molecule is C[C@@H]1N=C(CSc2ccccc2)CC(=O)N1. The van der Waals surface area contributed by atoms with E-state index in [0.29, 0.717) is 6.42 Å². The maximum Gasteiger partial charge on any atom is 0.227 e. The molecule has 0 saturated heterocycles. The molecule has 2 rings (SSSR count). The van der Waals surface area contributed by atoms with Crippen molar-refractivity contribution in [2.75, 3.05) is 5.75 Å². The number of nitrogens with zero attached hydrogens (tertiary/aromatic N) is 1. The normalized spacial score (nSPS) is 20.2. The van der Waals surface area contributed by atoms with Crippen LogP contribution in [0.3, 0.4) is 0 Å². The van der Waals surface area contributed by atoms with Crippen LogP contribution in [-0.2, 0) is 4.79 Å². The summed E-state index contributed by atoms with van der Waals surface area (Å²) in [5.74, 6) is 0.869. The second-order valence-corrected chi connectivity index (χ2v) is 4.77. The Labute approximate surface area is 99.3 Å². The first kappa shape index (κ1) is 11.2. The van der Waals surface area contributed by atoms with E-state index in [9.17, 15) is 4.79 Å². The number of amides is 1. The highest BCUT2D eigenvalue weighted by Gasteiger charge is 2.16. The first-order valence-corrected chi connectivity index (χ1v) is 6.25. The molecule has 0 bridgehead atoms. The predicted octanol–water partition coefficient (Wildman–Crippen LogP) is 2.09. The van der Waals surface area contributed by atoms with Gasteiger partial charge in [0.25, 0.3) is 0 Å². The van der Waals surface area contributed by atoms with Crippen LogP contribution in [0.2, 0.25) is 0 Å². The molecule has 1 amide bonds. The number of carbonyl (C=O) groups excluding carboxylic acids is 1. The molecule has 1 aromatic carbocycles. The zero-order valence-electron chi connectivity index (χ0n) is 9.14. The third kappa shape index (κ3) is 3.10. The molecule has 0 aliphatic carbocycles. The average molecular weight is 234 g/mol. The number of rotatable bonds is 3. The summed E-state index contributed by atoms with van der Waals surface area (Å²) in [7, 11) is 0. The lowest BCUT2D eigenvalue weighted by molar-refractivity contribution is -0.120. The second kappa shape index (κ2) is 5.16. The van der Waals surface area contributed by atoms with Crippen molar-refractivity contribution in [3.05, 3.63) is 30.3 Å². The van der Waals surface area contributed by atoms with Gasteiger partial charge in [-0.2, -0.15) is 0 Å². The lowest BCUT2D eigenvalue weighted by atomic mass is 10.2. The van der Waals surface area contributed by atoms with Gasteiger partial charge in [-0.15, -0.1) is 11.8 Å². The molecule has 3 nitrogen and oxygen atoms in total. The van der Waals surface area contributed by atoms with E-state index in [1.807, 2.05) is 25.1 Å². The Morgan fingerprint density at radius 3 is 2.88 bits per heavy atom. The fraction of sp³-hybridized carbons (Fsp3) is 0.333. The summed E-state index contributed by atoms with van der Waals surface area (Å²) in [6.07, 6.45) is 0.358. The highest BCUT2D eigenvalue weighted by Crippen LogP contribution is 2.18. The van der Waals surface area contributed by atoms with E-state index in [0.717, 1.165) is 11.5 Å². The first-order valence-electron chi connectivity index (χ1n) is 5.27. The minimum absolute atomic E-state index is 0.0751. The summed E-state index contributed by atoms with van der Waals surface area (Å²) in [6, 6.07) is 10.2. The summed E-state index contributed by atoms with van der Waals surface area (Å²) >= 11 is 1.72. The van der Waals surface area contributed by atoms with Crippen LogP contribution in [0.15, 0.2) is 40.2 Å². The minimum Gasteiger partial charge on any atom is -0.334 e. The third-order valence-corrected chi connectivity index (χ3v) is 3.34. The van der Waals surface area contributed by atoms with E-state index in [4.69, 9.17) is 0 Å². The van der Waals surface area contributed by atoms with Crippen molar-refractivity contribution >= 4 is 23.4 Å². The molecule has 0 saturated carbocycles. The minimum atomic E-state index is -0.0763. The Balaban J connectivity index is 1.93. The van der Waals surface area contributed by atoms with Crippen LogP contribution in [0.5, 0.6) is 0 Å². The number of hydrogen-bond donors (Lipinski definition) is 1. The number of hydrogen-bond acceptors (Lipinski definition) is 3. The molecule has 0 fully saturated rings. The molecule has 1 atom stereocenters. The topological polar surface area (TPSA) is 41.5 Å². The molecule has 0 aromatic heterocycles. The standard InChI is InChI=1S/C12H14N2OS/c1-9-13-10(7-12(15)14-9)8-16-11-5-3-2-4-6-11/h2-6,9H,7-8H2,1H3,(H,14,15)/t9-/m1/s1. The van der Waals surface area contributed by atoms with Crippen LogP contribution in [0, 0.1) is 0 Å². The molecular weight excluding hydrogens is 220 g/mol. The highest BCUT2D eigenvalue weighted by atomic mass is 32.2. The number of carbonyl (C=O) groups is 1. The van der Waals surface area contributed by atoms with Gasteiger partial charge >= 0.3 is 0 Å². The van der Waals surface area contributed by atoms with Crippen LogP contribution in [-0.4, -0.2) is 23.5 Å². The number of thioether (sulfide) groups is 1. The summed E-state index contributed by atoms with van der Waals surface area (Å²) < 4.78 is 0. The van der Waals surface area contributed by atoms with Crippen LogP contribution in [0.25, 0.3) is 0 Å². The molecular formula is C12H14N2OS. The maximum absolute atomic E-state index is 11.3. The molecule has 16 heavy (non-hydrogen) atoms. The van der Waals surface area contributed by atoms with Crippen LogP contribution in [0.4, 0.5) is 0 Å². The fourth-order valence-electron chi connectivity index (χ4n) is 1.59. The summed E-state index contributed by atoms with van der Waals surface area (Å²) in [5, 5.41) is 2.77. The van der Waals surface area contributed by atoms with Gasteiger partial charge < -0.3 is 5.32 Å². The van der Waals surface area contributed by atoms with Crippen molar-refractivity contribution in [3.8, 4) is 0 Å². The fourth-order valence-corrected chi connectivity index (χ4v) is 2.45. The van der Waals surface area contributed by atoms with Gasteiger partial charge in [0.1, 0.15) is 6.17 Å². The summed E-state index contributed by atoms with van der Waals surface area (Å²) in [5.41, 5.74) is 0.977. The van der Waals surface area contributed by atoms with Crippen LogP contribution in [0.1, 0.15) is 13.3 Å². The van der Waals surface area contributed by atoms with E-state index < -0.39 is 0 Å². The zero-order chi connectivity index (χ0) is 11.4.